The van der Waals surface area contributed by atoms with Gasteiger partial charge in [-0.05, 0) is 75.9 Å². The zero-order chi connectivity index (χ0) is 25.5. The Balaban J connectivity index is 1.82. The van der Waals surface area contributed by atoms with E-state index in [4.69, 9.17) is 4.98 Å². The number of H-pyrrole nitrogens is 1. The molecule has 1 fully saturated rings. The van der Waals surface area contributed by atoms with E-state index in [1.807, 2.05) is 32.0 Å². The maximum absolute atomic E-state index is 13.3. The monoisotopic (exact) mass is 494 g/mol. The molecule has 3 heterocycles. The minimum absolute atomic E-state index is 0.136. The van der Waals surface area contributed by atoms with Crippen molar-refractivity contribution in [1.82, 2.24) is 14.7 Å². The molecule has 2 N–H and O–H groups in total. The van der Waals surface area contributed by atoms with E-state index in [2.05, 4.69) is 35.4 Å². The first-order chi connectivity index (χ1) is 16.4. The number of amides is 1. The quantitative estimate of drug-likeness (QED) is 0.558. The van der Waals surface area contributed by atoms with Crippen LogP contribution < -0.4 is 15.2 Å². The van der Waals surface area contributed by atoms with Gasteiger partial charge >= 0.3 is 0 Å². The predicted molar refractivity (Wildman–Crippen MR) is 136 cm³/mol. The highest BCUT2D eigenvalue weighted by atomic mass is 32.2. The van der Waals surface area contributed by atoms with Crippen molar-refractivity contribution in [3.05, 3.63) is 75.7 Å². The van der Waals surface area contributed by atoms with Crippen molar-refractivity contribution in [3.63, 3.8) is 0 Å². The van der Waals surface area contributed by atoms with Gasteiger partial charge in [-0.2, -0.15) is 0 Å². The normalized spacial score (nSPS) is 17.4. The molecule has 0 bridgehead atoms. The summed E-state index contributed by atoms with van der Waals surface area (Å²) >= 11 is 0. The second-order valence-corrected chi connectivity index (χ2v) is 11.6. The molecule has 4 rings (SSSR count). The first kappa shape index (κ1) is 24.7. The SMILES string of the molecule is Cc1ccc(C)c(-c2ccc(C(=O)NS(=O)(=O)c3ccc[nH]c3=O)c(N3C[C@@H](C)CC3(C)C)n2)c1. The maximum Gasteiger partial charge on any atom is 0.269 e. The van der Waals surface area contributed by atoms with E-state index in [9.17, 15) is 18.0 Å². The molecular weight excluding hydrogens is 464 g/mol. The van der Waals surface area contributed by atoms with E-state index >= 15 is 0 Å². The van der Waals surface area contributed by atoms with Crippen LogP contribution in [0.15, 0.2) is 58.4 Å². The van der Waals surface area contributed by atoms with Gasteiger partial charge in [0.15, 0.2) is 4.90 Å². The minimum atomic E-state index is -4.38. The van der Waals surface area contributed by atoms with Gasteiger partial charge in [0.1, 0.15) is 5.82 Å². The van der Waals surface area contributed by atoms with Crippen LogP contribution in [0.25, 0.3) is 11.3 Å². The summed E-state index contributed by atoms with van der Waals surface area (Å²) in [6.07, 6.45) is 2.23. The molecule has 8 nitrogen and oxygen atoms in total. The van der Waals surface area contributed by atoms with E-state index in [0.717, 1.165) is 29.2 Å². The number of aromatic amines is 1. The summed E-state index contributed by atoms with van der Waals surface area (Å²) in [6, 6.07) is 12.0. The Morgan fingerprint density at radius 2 is 1.91 bits per heavy atom. The van der Waals surface area contributed by atoms with Gasteiger partial charge in [-0.25, -0.2) is 18.1 Å². The van der Waals surface area contributed by atoms with Crippen molar-refractivity contribution in [3.8, 4) is 11.3 Å². The fraction of sp³-hybridized carbons (Fsp3) is 0.346. The van der Waals surface area contributed by atoms with Gasteiger partial charge < -0.3 is 9.88 Å². The molecule has 0 radical (unpaired) electrons. The molecule has 0 spiro atoms. The standard InChI is InChI=1S/C26H30N4O4S/c1-16-8-9-18(3)20(13-16)21-11-10-19(23(28-21)30-15-17(2)14-26(30,4)5)24(31)29-35(33,34)22-7-6-12-27-25(22)32/h6-13,17H,14-15H2,1-5H3,(H,27,32)(H,29,31)/t17-/m0/s1. The molecule has 9 heteroatoms. The van der Waals surface area contributed by atoms with Crippen molar-refractivity contribution in [2.24, 2.45) is 5.92 Å². The summed E-state index contributed by atoms with van der Waals surface area (Å²) in [5.41, 5.74) is 2.85. The molecule has 35 heavy (non-hydrogen) atoms. The number of hydrogen-bond donors (Lipinski definition) is 2. The molecular formula is C26H30N4O4S. The smallest absolute Gasteiger partial charge is 0.269 e. The second-order valence-electron chi connectivity index (χ2n) is 9.92. The van der Waals surface area contributed by atoms with Gasteiger partial charge in [0.2, 0.25) is 0 Å². The molecule has 2 aromatic heterocycles. The van der Waals surface area contributed by atoms with Crippen molar-refractivity contribution < 1.29 is 13.2 Å². The third kappa shape index (κ3) is 4.86. The van der Waals surface area contributed by atoms with Crippen LogP contribution in [-0.4, -0.2) is 36.4 Å². The molecule has 1 aliphatic heterocycles. The summed E-state index contributed by atoms with van der Waals surface area (Å²) in [6.45, 7) is 11.0. The third-order valence-electron chi connectivity index (χ3n) is 6.42. The first-order valence-electron chi connectivity index (χ1n) is 11.5. The van der Waals surface area contributed by atoms with Crippen LogP contribution in [0.4, 0.5) is 5.82 Å². The molecule has 1 aliphatic rings. The van der Waals surface area contributed by atoms with E-state index in [1.165, 1.54) is 12.3 Å². The molecule has 0 unspecified atom stereocenters. The largest absolute Gasteiger partial charge is 0.351 e. The van der Waals surface area contributed by atoms with Gasteiger partial charge in [-0.15, -0.1) is 0 Å². The van der Waals surface area contributed by atoms with Gasteiger partial charge in [-0.3, -0.25) is 9.59 Å². The number of sulfonamides is 1. The number of anilines is 1. The second kappa shape index (κ2) is 8.96. The molecule has 1 atom stereocenters. The molecule has 0 saturated carbocycles. The molecule has 1 saturated heterocycles. The molecule has 0 aliphatic carbocycles. The number of pyridine rings is 2. The van der Waals surface area contributed by atoms with Crippen LogP contribution in [0.3, 0.4) is 0 Å². The molecule has 1 aromatic carbocycles. The first-order valence-corrected chi connectivity index (χ1v) is 13.0. The summed E-state index contributed by atoms with van der Waals surface area (Å²) in [5, 5.41) is 0. The summed E-state index contributed by atoms with van der Waals surface area (Å²) in [7, 11) is -4.38. The Bertz CT molecular complexity index is 1460. The van der Waals surface area contributed by atoms with Crippen LogP contribution >= 0.6 is 0 Å². The summed E-state index contributed by atoms with van der Waals surface area (Å²) < 4.78 is 27.7. The third-order valence-corrected chi connectivity index (χ3v) is 7.77. The fourth-order valence-electron chi connectivity index (χ4n) is 4.80. The molecule has 1 amide bonds. The fourth-order valence-corrected chi connectivity index (χ4v) is 5.83. The van der Waals surface area contributed by atoms with Crippen LogP contribution in [0.1, 0.15) is 48.7 Å². The summed E-state index contributed by atoms with van der Waals surface area (Å²) in [5.74, 6) is -0.0373. The lowest BCUT2D eigenvalue weighted by molar-refractivity contribution is 0.0981. The Morgan fingerprint density at radius 3 is 2.57 bits per heavy atom. The van der Waals surface area contributed by atoms with E-state index in [-0.39, 0.29) is 11.1 Å². The van der Waals surface area contributed by atoms with E-state index in [0.29, 0.717) is 24.0 Å². The van der Waals surface area contributed by atoms with Crippen LogP contribution in [-0.2, 0) is 10.0 Å². The highest BCUT2D eigenvalue weighted by molar-refractivity contribution is 7.90. The molecule has 184 valence electrons. The predicted octanol–water partition coefficient (Wildman–Crippen LogP) is 3.80. The average molecular weight is 495 g/mol. The highest BCUT2D eigenvalue weighted by Gasteiger charge is 2.39. The zero-order valence-electron chi connectivity index (χ0n) is 20.5. The highest BCUT2D eigenvalue weighted by Crippen LogP contribution is 2.38. The van der Waals surface area contributed by atoms with Crippen molar-refractivity contribution in [2.45, 2.75) is 51.5 Å². The van der Waals surface area contributed by atoms with Crippen LogP contribution in [0, 0.1) is 19.8 Å². The Labute approximate surface area is 205 Å². The van der Waals surface area contributed by atoms with Crippen LogP contribution in [0.2, 0.25) is 0 Å². The number of nitrogens with one attached hydrogen (secondary N) is 2. The Morgan fingerprint density at radius 1 is 1.17 bits per heavy atom. The number of nitrogens with zero attached hydrogens (tertiary/aromatic N) is 2. The van der Waals surface area contributed by atoms with Gasteiger partial charge in [0, 0.05) is 23.8 Å². The van der Waals surface area contributed by atoms with E-state index < -0.39 is 26.4 Å². The van der Waals surface area contributed by atoms with Gasteiger partial charge in [-0.1, -0.05) is 24.6 Å². The minimum Gasteiger partial charge on any atom is -0.351 e. The number of hydrogen-bond acceptors (Lipinski definition) is 6. The topological polar surface area (TPSA) is 112 Å². The molecule has 3 aromatic rings. The maximum atomic E-state index is 13.3. The van der Waals surface area contributed by atoms with E-state index in [1.54, 1.807) is 12.1 Å². The van der Waals surface area contributed by atoms with Gasteiger partial charge in [0.05, 0.1) is 11.3 Å². The Hall–Kier alpha value is -3.46. The van der Waals surface area contributed by atoms with Gasteiger partial charge in [0.25, 0.3) is 21.5 Å². The zero-order valence-corrected chi connectivity index (χ0v) is 21.4. The number of aromatic nitrogens is 2. The van der Waals surface area contributed by atoms with Crippen molar-refractivity contribution in [1.29, 1.82) is 0 Å². The number of carbonyl (C=O) groups excluding carboxylic acids is 1. The van der Waals surface area contributed by atoms with Crippen molar-refractivity contribution >= 4 is 21.7 Å². The Kier molecular flexibility index (Phi) is 6.31. The number of carbonyl (C=O) groups is 1. The lowest BCUT2D eigenvalue weighted by Crippen LogP contribution is -2.41. The van der Waals surface area contributed by atoms with Crippen molar-refractivity contribution in [2.75, 3.05) is 11.4 Å². The lowest BCUT2D eigenvalue weighted by atomic mass is 9.97. The number of benzene rings is 1. The number of aryl methyl sites for hydroxylation is 2. The number of rotatable bonds is 5. The summed E-state index contributed by atoms with van der Waals surface area (Å²) in [4.78, 5) is 34.1. The lowest BCUT2D eigenvalue weighted by Gasteiger charge is -2.34. The average Bonchev–Trinajstić information content (AvgIpc) is 3.06. The van der Waals surface area contributed by atoms with Crippen LogP contribution in [0.5, 0.6) is 0 Å².